The highest BCUT2D eigenvalue weighted by Gasteiger charge is 2.09. The van der Waals surface area contributed by atoms with Crippen molar-refractivity contribution in [2.45, 2.75) is 5.75 Å². The van der Waals surface area contributed by atoms with Gasteiger partial charge in [-0.25, -0.2) is 4.79 Å². The molecular weight excluding hydrogens is 280 g/mol. The van der Waals surface area contributed by atoms with E-state index in [2.05, 4.69) is 12.1 Å². The quantitative estimate of drug-likeness (QED) is 0.591. The molecule has 0 radical (unpaired) electrons. The lowest BCUT2D eigenvalue weighted by Gasteiger charge is -2.06. The molecule has 2 aromatic carbocycles. The Balaban J connectivity index is 2.00. The van der Waals surface area contributed by atoms with Gasteiger partial charge in [0.25, 0.3) is 0 Å². The zero-order valence-corrected chi connectivity index (χ0v) is 12.8. The molecule has 0 heterocycles. The average Bonchev–Trinajstić information content (AvgIpc) is 2.55. The molecule has 3 heteroatoms. The SMILES string of the molecule is COC(=O)/C(=C/c1ccccc1)CSCc1ccccc1. The smallest absolute Gasteiger partial charge is 0.334 e. The molecule has 2 aromatic rings. The topological polar surface area (TPSA) is 26.3 Å². The summed E-state index contributed by atoms with van der Waals surface area (Å²) in [6, 6.07) is 20.1. The molecule has 21 heavy (non-hydrogen) atoms. The molecule has 0 N–H and O–H groups in total. The summed E-state index contributed by atoms with van der Waals surface area (Å²) in [4.78, 5) is 11.9. The van der Waals surface area contributed by atoms with Crippen molar-refractivity contribution in [3.8, 4) is 0 Å². The molecule has 0 aromatic heterocycles. The first-order chi connectivity index (χ1) is 10.3. The van der Waals surface area contributed by atoms with Crippen LogP contribution >= 0.6 is 11.8 Å². The fraction of sp³-hybridized carbons (Fsp3) is 0.167. The van der Waals surface area contributed by atoms with Crippen LogP contribution in [-0.4, -0.2) is 18.8 Å². The summed E-state index contributed by atoms with van der Waals surface area (Å²) in [5, 5.41) is 0. The molecule has 0 bridgehead atoms. The molecule has 0 aliphatic carbocycles. The van der Waals surface area contributed by atoms with Crippen molar-refractivity contribution in [3.63, 3.8) is 0 Å². The van der Waals surface area contributed by atoms with Gasteiger partial charge in [-0.1, -0.05) is 60.7 Å². The third kappa shape index (κ3) is 5.12. The number of rotatable bonds is 6. The Morgan fingerprint density at radius 3 is 2.29 bits per heavy atom. The molecule has 2 rings (SSSR count). The van der Waals surface area contributed by atoms with Gasteiger partial charge in [0, 0.05) is 17.1 Å². The van der Waals surface area contributed by atoms with Gasteiger partial charge >= 0.3 is 5.97 Å². The predicted molar refractivity (Wildman–Crippen MR) is 89.0 cm³/mol. The zero-order chi connectivity index (χ0) is 14.9. The molecule has 0 atom stereocenters. The Kier molecular flexibility index (Phi) is 6.10. The molecular formula is C18H18O2S. The predicted octanol–water partition coefficient (Wildman–Crippen LogP) is 4.18. The molecule has 0 spiro atoms. The van der Waals surface area contributed by atoms with Crippen LogP contribution < -0.4 is 0 Å². The Bertz CT molecular complexity index is 591. The molecule has 108 valence electrons. The van der Waals surface area contributed by atoms with Crippen molar-refractivity contribution in [1.82, 2.24) is 0 Å². The Morgan fingerprint density at radius 1 is 1.05 bits per heavy atom. The molecule has 0 aliphatic heterocycles. The second kappa shape index (κ2) is 8.32. The second-order valence-corrected chi connectivity index (χ2v) is 5.54. The first kappa shape index (κ1) is 15.4. The van der Waals surface area contributed by atoms with Crippen LogP contribution in [0.3, 0.4) is 0 Å². The van der Waals surface area contributed by atoms with Gasteiger partial charge in [0.2, 0.25) is 0 Å². The first-order valence-electron chi connectivity index (χ1n) is 6.75. The minimum Gasteiger partial charge on any atom is -0.466 e. The van der Waals surface area contributed by atoms with Crippen LogP contribution in [0, 0.1) is 0 Å². The lowest BCUT2D eigenvalue weighted by molar-refractivity contribution is -0.135. The Hall–Kier alpha value is -2.00. The second-order valence-electron chi connectivity index (χ2n) is 4.55. The van der Waals surface area contributed by atoms with Crippen LogP contribution in [0.25, 0.3) is 6.08 Å². The van der Waals surface area contributed by atoms with Gasteiger partial charge in [0.15, 0.2) is 0 Å². The van der Waals surface area contributed by atoms with Gasteiger partial charge in [-0.2, -0.15) is 11.8 Å². The highest BCUT2D eigenvalue weighted by molar-refractivity contribution is 7.98. The van der Waals surface area contributed by atoms with Crippen LogP contribution in [0.5, 0.6) is 0 Å². The zero-order valence-electron chi connectivity index (χ0n) is 12.0. The maximum absolute atomic E-state index is 11.9. The number of carbonyl (C=O) groups excluding carboxylic acids is 1. The summed E-state index contributed by atoms with van der Waals surface area (Å²) in [6.07, 6.45) is 1.89. The molecule has 0 amide bonds. The highest BCUT2D eigenvalue weighted by Crippen LogP contribution is 2.18. The van der Waals surface area contributed by atoms with E-state index >= 15 is 0 Å². The fourth-order valence-electron chi connectivity index (χ4n) is 1.89. The summed E-state index contributed by atoms with van der Waals surface area (Å²) < 4.78 is 4.87. The summed E-state index contributed by atoms with van der Waals surface area (Å²) in [5.74, 6) is 1.25. The van der Waals surface area contributed by atoms with Crippen molar-refractivity contribution in [2.24, 2.45) is 0 Å². The summed E-state index contributed by atoms with van der Waals surface area (Å²) >= 11 is 1.71. The van der Waals surface area contributed by atoms with E-state index in [4.69, 9.17) is 4.74 Å². The number of carbonyl (C=O) groups is 1. The van der Waals surface area contributed by atoms with Gasteiger partial charge in [0.1, 0.15) is 0 Å². The standard InChI is InChI=1S/C18H18O2S/c1-20-18(19)17(12-15-8-4-2-5-9-15)14-21-13-16-10-6-3-7-11-16/h2-12H,13-14H2,1H3/b17-12+. The van der Waals surface area contributed by atoms with E-state index in [-0.39, 0.29) is 5.97 Å². The Labute approximate surface area is 129 Å². The molecule has 0 saturated carbocycles. The van der Waals surface area contributed by atoms with E-state index in [0.717, 1.165) is 11.3 Å². The van der Waals surface area contributed by atoms with Gasteiger partial charge in [-0.15, -0.1) is 0 Å². The number of benzene rings is 2. The van der Waals surface area contributed by atoms with Crippen molar-refractivity contribution in [2.75, 3.05) is 12.9 Å². The normalized spacial score (nSPS) is 11.2. The van der Waals surface area contributed by atoms with Gasteiger partial charge < -0.3 is 4.74 Å². The summed E-state index contributed by atoms with van der Waals surface area (Å²) in [7, 11) is 1.42. The van der Waals surface area contributed by atoms with Crippen LogP contribution in [-0.2, 0) is 15.3 Å². The number of hydrogen-bond donors (Lipinski definition) is 0. The van der Waals surface area contributed by atoms with E-state index in [1.165, 1.54) is 12.7 Å². The number of hydrogen-bond acceptors (Lipinski definition) is 3. The van der Waals surface area contributed by atoms with Crippen LogP contribution in [0.4, 0.5) is 0 Å². The van der Waals surface area contributed by atoms with Crippen molar-refractivity contribution in [3.05, 3.63) is 77.4 Å². The van der Waals surface area contributed by atoms with Crippen LogP contribution in [0.2, 0.25) is 0 Å². The first-order valence-corrected chi connectivity index (χ1v) is 7.90. The van der Waals surface area contributed by atoms with E-state index in [9.17, 15) is 4.79 Å². The number of esters is 1. The largest absolute Gasteiger partial charge is 0.466 e. The summed E-state index contributed by atoms with van der Waals surface area (Å²) in [5.41, 5.74) is 2.95. The molecule has 0 aliphatic rings. The molecule has 0 fully saturated rings. The number of thioether (sulfide) groups is 1. The fourth-order valence-corrected chi connectivity index (χ4v) is 2.85. The molecule has 2 nitrogen and oxygen atoms in total. The molecule has 0 unspecified atom stereocenters. The van der Waals surface area contributed by atoms with Gasteiger partial charge in [-0.05, 0) is 17.2 Å². The van der Waals surface area contributed by atoms with Crippen LogP contribution in [0.15, 0.2) is 66.2 Å². The van der Waals surface area contributed by atoms with E-state index < -0.39 is 0 Å². The van der Waals surface area contributed by atoms with Gasteiger partial charge in [0.05, 0.1) is 7.11 Å². The Morgan fingerprint density at radius 2 is 1.67 bits per heavy atom. The minimum atomic E-state index is -0.264. The maximum Gasteiger partial charge on any atom is 0.334 e. The molecule has 0 saturated heterocycles. The van der Waals surface area contributed by atoms with Crippen molar-refractivity contribution >= 4 is 23.8 Å². The van der Waals surface area contributed by atoms with E-state index in [1.807, 2.05) is 54.6 Å². The monoisotopic (exact) mass is 298 g/mol. The minimum absolute atomic E-state index is 0.264. The third-order valence-corrected chi connectivity index (χ3v) is 4.01. The highest BCUT2D eigenvalue weighted by atomic mass is 32.2. The maximum atomic E-state index is 11.9. The van der Waals surface area contributed by atoms with Crippen molar-refractivity contribution in [1.29, 1.82) is 0 Å². The number of ether oxygens (including phenoxy) is 1. The van der Waals surface area contributed by atoms with Gasteiger partial charge in [-0.3, -0.25) is 0 Å². The lowest BCUT2D eigenvalue weighted by Crippen LogP contribution is -2.07. The summed E-state index contributed by atoms with van der Waals surface area (Å²) in [6.45, 7) is 0. The average molecular weight is 298 g/mol. The lowest BCUT2D eigenvalue weighted by atomic mass is 10.1. The van der Waals surface area contributed by atoms with Crippen molar-refractivity contribution < 1.29 is 9.53 Å². The van der Waals surface area contributed by atoms with E-state index in [0.29, 0.717) is 11.3 Å². The number of methoxy groups -OCH3 is 1. The third-order valence-electron chi connectivity index (χ3n) is 2.96. The van der Waals surface area contributed by atoms with Crippen LogP contribution in [0.1, 0.15) is 11.1 Å². The van der Waals surface area contributed by atoms with E-state index in [1.54, 1.807) is 11.8 Å².